The van der Waals surface area contributed by atoms with Crippen LogP contribution >= 0.6 is 23.4 Å². The van der Waals surface area contributed by atoms with Gasteiger partial charge in [0.1, 0.15) is 0 Å². The Labute approximate surface area is 134 Å². The molecule has 0 aliphatic carbocycles. The monoisotopic (exact) mass is 341 g/mol. The van der Waals surface area contributed by atoms with Gasteiger partial charge in [-0.15, -0.1) is 11.8 Å². The van der Waals surface area contributed by atoms with Gasteiger partial charge < -0.3 is 0 Å². The summed E-state index contributed by atoms with van der Waals surface area (Å²) in [6.45, 7) is 0.421. The maximum Gasteiger partial charge on any atom is 0.240 e. The zero-order chi connectivity index (χ0) is 15.1. The summed E-state index contributed by atoms with van der Waals surface area (Å²) in [6.07, 6.45) is 0.770. The van der Waals surface area contributed by atoms with Gasteiger partial charge in [-0.25, -0.2) is 13.1 Å². The van der Waals surface area contributed by atoms with Crippen LogP contribution in [0.3, 0.4) is 0 Å². The first kappa shape index (κ1) is 16.4. The lowest BCUT2D eigenvalue weighted by molar-refractivity contribution is 0.581. The van der Waals surface area contributed by atoms with E-state index < -0.39 is 10.0 Å². The largest absolute Gasteiger partial charge is 0.240 e. The normalized spacial score (nSPS) is 11.5. The Bertz CT molecular complexity index is 658. The lowest BCUT2D eigenvalue weighted by atomic mass is 10.4. The van der Waals surface area contributed by atoms with Crippen LogP contribution < -0.4 is 4.72 Å². The van der Waals surface area contributed by atoms with Gasteiger partial charge >= 0.3 is 0 Å². The highest BCUT2D eigenvalue weighted by Crippen LogP contribution is 2.18. The van der Waals surface area contributed by atoms with Crippen molar-refractivity contribution in [3.63, 3.8) is 0 Å². The molecule has 0 saturated heterocycles. The fourth-order valence-corrected chi connectivity index (χ4v) is 3.76. The fourth-order valence-electron chi connectivity index (χ4n) is 1.68. The average Bonchev–Trinajstić information content (AvgIpc) is 2.48. The lowest BCUT2D eigenvalue weighted by Gasteiger charge is -2.07. The summed E-state index contributed by atoms with van der Waals surface area (Å²) in [6, 6.07) is 16.2. The molecule has 0 aliphatic rings. The Hall–Kier alpha value is -1.01. The molecule has 21 heavy (non-hydrogen) atoms. The minimum atomic E-state index is -3.44. The highest BCUT2D eigenvalue weighted by atomic mass is 35.5. The van der Waals surface area contributed by atoms with E-state index >= 15 is 0 Å². The van der Waals surface area contributed by atoms with Gasteiger partial charge in [0.25, 0.3) is 0 Å². The SMILES string of the molecule is O=S(=O)(NCCCSc1ccccc1)c1ccc(Cl)cc1. The van der Waals surface area contributed by atoms with E-state index in [0.29, 0.717) is 11.6 Å². The van der Waals surface area contributed by atoms with E-state index in [1.807, 2.05) is 30.3 Å². The molecule has 3 nitrogen and oxygen atoms in total. The highest BCUT2D eigenvalue weighted by molar-refractivity contribution is 7.99. The topological polar surface area (TPSA) is 46.2 Å². The zero-order valence-corrected chi connectivity index (χ0v) is 13.7. The number of sulfonamides is 1. The number of thioether (sulfide) groups is 1. The van der Waals surface area contributed by atoms with E-state index in [4.69, 9.17) is 11.6 Å². The molecule has 0 amide bonds. The third-order valence-corrected chi connectivity index (χ3v) is 5.58. The molecule has 0 spiro atoms. The smallest absolute Gasteiger partial charge is 0.211 e. The quantitative estimate of drug-likeness (QED) is 0.615. The van der Waals surface area contributed by atoms with E-state index in [2.05, 4.69) is 4.72 Å². The number of halogens is 1. The minimum Gasteiger partial charge on any atom is -0.211 e. The first-order valence-corrected chi connectivity index (χ1v) is 9.36. The fraction of sp³-hybridized carbons (Fsp3) is 0.200. The van der Waals surface area contributed by atoms with Crippen LogP contribution in [0.2, 0.25) is 5.02 Å². The third kappa shape index (κ3) is 5.36. The molecule has 0 saturated carbocycles. The Morgan fingerprint density at radius 3 is 2.33 bits per heavy atom. The van der Waals surface area contributed by atoms with Gasteiger partial charge in [0.05, 0.1) is 4.90 Å². The summed E-state index contributed by atoms with van der Waals surface area (Å²) in [5, 5.41) is 0.521. The molecule has 0 bridgehead atoms. The third-order valence-electron chi connectivity index (χ3n) is 2.75. The maximum atomic E-state index is 12.0. The van der Waals surface area contributed by atoms with Crippen LogP contribution in [0.4, 0.5) is 0 Å². The molecule has 2 rings (SSSR count). The number of hydrogen-bond donors (Lipinski definition) is 1. The van der Waals surface area contributed by atoms with E-state index in [9.17, 15) is 8.42 Å². The molecule has 112 valence electrons. The molecule has 0 radical (unpaired) electrons. The lowest BCUT2D eigenvalue weighted by Crippen LogP contribution is -2.25. The van der Waals surface area contributed by atoms with Crippen LogP contribution in [-0.2, 0) is 10.0 Å². The molecule has 0 heterocycles. The molecule has 1 N–H and O–H groups in total. The molecule has 0 atom stereocenters. The van der Waals surface area contributed by atoms with E-state index in [1.54, 1.807) is 23.9 Å². The van der Waals surface area contributed by atoms with Gasteiger partial charge in [0.15, 0.2) is 0 Å². The molecule has 0 aromatic heterocycles. The van der Waals surface area contributed by atoms with Crippen LogP contribution in [-0.4, -0.2) is 20.7 Å². The van der Waals surface area contributed by atoms with Crippen LogP contribution in [0, 0.1) is 0 Å². The molecule has 2 aromatic rings. The summed E-state index contributed by atoms with van der Waals surface area (Å²) in [5.41, 5.74) is 0. The molecular formula is C15H16ClNO2S2. The van der Waals surface area contributed by atoms with Crippen LogP contribution in [0.5, 0.6) is 0 Å². The summed E-state index contributed by atoms with van der Waals surface area (Å²) >= 11 is 7.46. The van der Waals surface area contributed by atoms with Gasteiger partial charge in [-0.1, -0.05) is 29.8 Å². The van der Waals surface area contributed by atoms with Crippen molar-refractivity contribution in [1.29, 1.82) is 0 Å². The molecule has 0 aliphatic heterocycles. The van der Waals surface area contributed by atoms with Crippen molar-refractivity contribution >= 4 is 33.4 Å². The summed E-state index contributed by atoms with van der Waals surface area (Å²) < 4.78 is 26.6. The van der Waals surface area contributed by atoms with Crippen LogP contribution in [0.15, 0.2) is 64.4 Å². The Kier molecular flexibility index (Phi) is 6.11. The average molecular weight is 342 g/mol. The van der Waals surface area contributed by atoms with Crippen LogP contribution in [0.1, 0.15) is 6.42 Å². The van der Waals surface area contributed by atoms with Gasteiger partial charge in [0.2, 0.25) is 10.0 Å². The predicted octanol–water partition coefficient (Wildman–Crippen LogP) is 3.80. The zero-order valence-electron chi connectivity index (χ0n) is 11.3. The Morgan fingerprint density at radius 2 is 1.67 bits per heavy atom. The van der Waals surface area contributed by atoms with Crippen molar-refractivity contribution in [1.82, 2.24) is 4.72 Å². The van der Waals surface area contributed by atoms with Gasteiger partial charge in [0, 0.05) is 16.5 Å². The first-order chi connectivity index (χ1) is 10.1. The van der Waals surface area contributed by atoms with Crippen molar-refractivity contribution in [2.75, 3.05) is 12.3 Å². The summed E-state index contributed by atoms with van der Waals surface area (Å²) in [7, 11) is -3.44. The van der Waals surface area contributed by atoms with Crippen LogP contribution in [0.25, 0.3) is 0 Å². The number of hydrogen-bond acceptors (Lipinski definition) is 3. The number of rotatable bonds is 7. The molecule has 6 heteroatoms. The van der Waals surface area contributed by atoms with Crippen molar-refractivity contribution < 1.29 is 8.42 Å². The number of nitrogens with one attached hydrogen (secondary N) is 1. The van der Waals surface area contributed by atoms with Gasteiger partial charge in [-0.2, -0.15) is 0 Å². The number of benzene rings is 2. The molecular weight excluding hydrogens is 326 g/mol. The molecule has 2 aromatic carbocycles. The van der Waals surface area contributed by atoms with Crippen molar-refractivity contribution in [2.45, 2.75) is 16.2 Å². The Balaban J connectivity index is 1.76. The molecule has 0 unspecified atom stereocenters. The van der Waals surface area contributed by atoms with Gasteiger partial charge in [-0.05, 0) is 48.6 Å². The summed E-state index contributed by atoms with van der Waals surface area (Å²) in [4.78, 5) is 1.43. The second-order valence-electron chi connectivity index (χ2n) is 4.37. The predicted molar refractivity (Wildman–Crippen MR) is 88.4 cm³/mol. The van der Waals surface area contributed by atoms with Crippen molar-refractivity contribution in [2.24, 2.45) is 0 Å². The second-order valence-corrected chi connectivity index (χ2v) is 7.74. The minimum absolute atomic E-state index is 0.239. The first-order valence-electron chi connectivity index (χ1n) is 6.51. The Morgan fingerprint density at radius 1 is 1.00 bits per heavy atom. The van der Waals surface area contributed by atoms with E-state index in [0.717, 1.165) is 12.2 Å². The van der Waals surface area contributed by atoms with Crippen molar-refractivity contribution in [3.05, 3.63) is 59.6 Å². The second kappa shape index (κ2) is 7.84. The summed E-state index contributed by atoms with van der Waals surface area (Å²) in [5.74, 6) is 0.868. The van der Waals surface area contributed by atoms with Gasteiger partial charge in [-0.3, -0.25) is 0 Å². The molecule has 0 fully saturated rings. The van der Waals surface area contributed by atoms with Crippen molar-refractivity contribution in [3.8, 4) is 0 Å². The van der Waals surface area contributed by atoms with E-state index in [-0.39, 0.29) is 4.90 Å². The highest BCUT2D eigenvalue weighted by Gasteiger charge is 2.12. The standard InChI is InChI=1S/C15H16ClNO2S2/c16-13-7-9-15(10-8-13)21(18,19)17-11-4-12-20-14-5-2-1-3-6-14/h1-3,5-10,17H,4,11-12H2. The maximum absolute atomic E-state index is 12.0. The van der Waals surface area contributed by atoms with E-state index in [1.165, 1.54) is 17.0 Å².